The van der Waals surface area contributed by atoms with Gasteiger partial charge in [-0.05, 0) is 104 Å². The van der Waals surface area contributed by atoms with Gasteiger partial charge in [0.05, 0.1) is 5.56 Å². The molecule has 0 atom stereocenters. The van der Waals surface area contributed by atoms with Crippen LogP contribution >= 0.6 is 0 Å². The lowest BCUT2D eigenvalue weighted by atomic mass is 9.48. The number of hydrogen-bond donors (Lipinski definition) is 1. The third kappa shape index (κ3) is 3.24. The Bertz CT molecular complexity index is 724. The van der Waals surface area contributed by atoms with Crippen LogP contribution in [0.3, 0.4) is 0 Å². The summed E-state index contributed by atoms with van der Waals surface area (Å²) in [6.07, 6.45) is 7.81. The summed E-state index contributed by atoms with van der Waals surface area (Å²) in [4.78, 5) is 11.7. The normalized spacial score (nSPS) is 32.6. The average molecular weight is 387 g/mol. The SMILES string of the molecule is CC(C)(C)[Si](C)(C)Oc1ccc(C(=O)O)cc1C12CC3CC(CC(C3)C1)C2. The van der Waals surface area contributed by atoms with E-state index in [4.69, 9.17) is 4.43 Å². The molecule has 1 aromatic rings. The first kappa shape index (κ1) is 19.0. The van der Waals surface area contributed by atoms with Gasteiger partial charge in [0.25, 0.3) is 0 Å². The average Bonchev–Trinajstić information content (AvgIpc) is 2.52. The van der Waals surface area contributed by atoms with E-state index >= 15 is 0 Å². The van der Waals surface area contributed by atoms with Gasteiger partial charge < -0.3 is 9.53 Å². The van der Waals surface area contributed by atoms with Crippen LogP contribution in [0.25, 0.3) is 0 Å². The Hall–Kier alpha value is -1.29. The number of aromatic carboxylic acids is 1. The highest BCUT2D eigenvalue weighted by Crippen LogP contribution is 2.62. The molecular formula is C23H34O3Si. The molecule has 0 amide bonds. The van der Waals surface area contributed by atoms with E-state index in [9.17, 15) is 9.90 Å². The molecule has 0 aromatic heterocycles. The van der Waals surface area contributed by atoms with Gasteiger partial charge in [-0.15, -0.1) is 0 Å². The van der Waals surface area contributed by atoms with Crippen molar-refractivity contribution in [3.63, 3.8) is 0 Å². The minimum atomic E-state index is -1.98. The van der Waals surface area contributed by atoms with E-state index in [0.29, 0.717) is 5.56 Å². The number of carboxylic acid groups (broad SMARTS) is 1. The molecule has 148 valence electrons. The van der Waals surface area contributed by atoms with Crippen LogP contribution in [-0.2, 0) is 5.41 Å². The highest BCUT2D eigenvalue weighted by atomic mass is 28.4. The van der Waals surface area contributed by atoms with E-state index in [2.05, 4.69) is 33.9 Å². The van der Waals surface area contributed by atoms with Gasteiger partial charge in [-0.3, -0.25) is 0 Å². The fourth-order valence-electron chi connectivity index (χ4n) is 6.03. The molecule has 4 aliphatic carbocycles. The summed E-state index contributed by atoms with van der Waals surface area (Å²) in [5.41, 5.74) is 1.74. The molecule has 4 heteroatoms. The zero-order chi connectivity index (χ0) is 19.6. The Labute approximate surface area is 164 Å². The summed E-state index contributed by atoms with van der Waals surface area (Å²) >= 11 is 0. The van der Waals surface area contributed by atoms with Crippen molar-refractivity contribution in [1.82, 2.24) is 0 Å². The van der Waals surface area contributed by atoms with E-state index in [-0.39, 0.29) is 10.5 Å². The number of carboxylic acids is 1. The molecule has 4 aliphatic rings. The van der Waals surface area contributed by atoms with E-state index < -0.39 is 14.3 Å². The number of carbonyl (C=O) groups is 1. The predicted octanol–water partition coefficient (Wildman–Crippen LogP) is 6.24. The molecule has 0 spiro atoms. The van der Waals surface area contributed by atoms with Crippen LogP contribution in [0.5, 0.6) is 5.75 Å². The molecule has 0 heterocycles. The van der Waals surface area contributed by atoms with Crippen LogP contribution in [0.15, 0.2) is 18.2 Å². The minimum absolute atomic E-state index is 0.122. The summed E-state index contributed by atoms with van der Waals surface area (Å²) in [7, 11) is -1.98. The monoisotopic (exact) mass is 386 g/mol. The smallest absolute Gasteiger partial charge is 0.335 e. The zero-order valence-corrected chi connectivity index (χ0v) is 18.5. The van der Waals surface area contributed by atoms with Crippen LogP contribution in [-0.4, -0.2) is 19.4 Å². The van der Waals surface area contributed by atoms with Crippen LogP contribution < -0.4 is 4.43 Å². The fraction of sp³-hybridized carbons (Fsp3) is 0.696. The molecule has 4 bridgehead atoms. The summed E-state index contributed by atoms with van der Waals surface area (Å²) in [6, 6.07) is 5.64. The van der Waals surface area contributed by atoms with E-state index in [0.717, 1.165) is 23.5 Å². The number of benzene rings is 1. The van der Waals surface area contributed by atoms with Crippen molar-refractivity contribution in [2.45, 2.75) is 82.8 Å². The number of hydrogen-bond acceptors (Lipinski definition) is 2. The van der Waals surface area contributed by atoms with Crippen molar-refractivity contribution in [2.75, 3.05) is 0 Å². The molecule has 0 saturated heterocycles. The van der Waals surface area contributed by atoms with Crippen LogP contribution in [0.2, 0.25) is 18.1 Å². The fourth-order valence-corrected chi connectivity index (χ4v) is 7.07. The quantitative estimate of drug-likeness (QED) is 0.623. The Kier molecular flexibility index (Phi) is 4.30. The van der Waals surface area contributed by atoms with Crippen LogP contribution in [0.4, 0.5) is 0 Å². The maximum atomic E-state index is 11.7. The van der Waals surface area contributed by atoms with E-state index in [1.807, 2.05) is 12.1 Å². The predicted molar refractivity (Wildman–Crippen MR) is 111 cm³/mol. The van der Waals surface area contributed by atoms with Crippen molar-refractivity contribution >= 4 is 14.3 Å². The van der Waals surface area contributed by atoms with Gasteiger partial charge in [0, 0.05) is 0 Å². The second-order valence-corrected chi connectivity index (χ2v) is 15.8. The van der Waals surface area contributed by atoms with Crippen molar-refractivity contribution < 1.29 is 14.3 Å². The van der Waals surface area contributed by atoms with Crippen molar-refractivity contribution in [1.29, 1.82) is 0 Å². The second kappa shape index (κ2) is 6.10. The highest BCUT2D eigenvalue weighted by molar-refractivity contribution is 6.74. The van der Waals surface area contributed by atoms with Crippen molar-refractivity contribution in [3.05, 3.63) is 29.3 Å². The lowest BCUT2D eigenvalue weighted by molar-refractivity contribution is -0.00589. The highest BCUT2D eigenvalue weighted by Gasteiger charge is 2.53. The van der Waals surface area contributed by atoms with Crippen LogP contribution in [0.1, 0.15) is 75.2 Å². The molecule has 0 aliphatic heterocycles. The molecule has 4 fully saturated rings. The largest absolute Gasteiger partial charge is 0.543 e. The van der Waals surface area contributed by atoms with Gasteiger partial charge in [-0.25, -0.2) is 4.79 Å². The summed E-state index contributed by atoms with van der Waals surface area (Å²) in [5.74, 6) is 2.61. The van der Waals surface area contributed by atoms with Crippen molar-refractivity contribution in [3.8, 4) is 5.75 Å². The minimum Gasteiger partial charge on any atom is -0.543 e. The lowest BCUT2D eigenvalue weighted by Crippen LogP contribution is -2.49. The van der Waals surface area contributed by atoms with E-state index in [1.165, 1.54) is 44.1 Å². The molecule has 0 radical (unpaired) electrons. The third-order valence-corrected chi connectivity index (χ3v) is 12.3. The Morgan fingerprint density at radius 3 is 2.04 bits per heavy atom. The first-order valence-corrected chi connectivity index (χ1v) is 13.5. The molecule has 3 nitrogen and oxygen atoms in total. The van der Waals surface area contributed by atoms with Gasteiger partial charge in [0.1, 0.15) is 5.75 Å². The molecule has 27 heavy (non-hydrogen) atoms. The zero-order valence-electron chi connectivity index (χ0n) is 17.5. The maximum absolute atomic E-state index is 11.7. The standard InChI is InChI=1S/C23H34O3Si/c1-22(2,3)27(4,5)26-20-7-6-18(21(24)25)11-19(20)23-12-15-8-16(13-23)10-17(9-15)14-23/h6-7,11,15-17H,8-10,12-14H2,1-5H3,(H,24,25). The first-order chi connectivity index (χ1) is 12.5. The molecule has 4 saturated carbocycles. The van der Waals surface area contributed by atoms with Gasteiger partial charge in [-0.2, -0.15) is 0 Å². The Balaban J connectivity index is 1.79. The molecule has 1 aromatic carbocycles. The Morgan fingerprint density at radius 2 is 1.59 bits per heavy atom. The Morgan fingerprint density at radius 1 is 1.07 bits per heavy atom. The van der Waals surface area contributed by atoms with Gasteiger partial charge in [0.2, 0.25) is 8.32 Å². The van der Waals surface area contributed by atoms with Crippen LogP contribution in [0, 0.1) is 17.8 Å². The first-order valence-electron chi connectivity index (χ1n) is 10.6. The molecule has 5 rings (SSSR count). The third-order valence-electron chi connectivity index (χ3n) is 8.01. The lowest BCUT2D eigenvalue weighted by Gasteiger charge is -2.57. The molecule has 0 unspecified atom stereocenters. The molecular weight excluding hydrogens is 352 g/mol. The summed E-state index contributed by atoms with van der Waals surface area (Å²) < 4.78 is 6.77. The second-order valence-electron chi connectivity index (χ2n) is 11.1. The van der Waals surface area contributed by atoms with E-state index in [1.54, 1.807) is 6.07 Å². The maximum Gasteiger partial charge on any atom is 0.335 e. The van der Waals surface area contributed by atoms with Gasteiger partial charge >= 0.3 is 5.97 Å². The van der Waals surface area contributed by atoms with Crippen molar-refractivity contribution in [2.24, 2.45) is 17.8 Å². The summed E-state index contributed by atoms with van der Waals surface area (Å²) in [5, 5.41) is 9.73. The topological polar surface area (TPSA) is 46.5 Å². The van der Waals surface area contributed by atoms with Gasteiger partial charge in [0.15, 0.2) is 0 Å². The number of rotatable bonds is 4. The summed E-state index contributed by atoms with van der Waals surface area (Å²) in [6.45, 7) is 11.3. The molecule has 1 N–H and O–H groups in total. The van der Waals surface area contributed by atoms with Gasteiger partial charge in [-0.1, -0.05) is 20.8 Å².